The van der Waals surface area contributed by atoms with Crippen LogP contribution < -0.4 is 0 Å². The largest absolute Gasteiger partial charge is 0.277 e. The van der Waals surface area contributed by atoms with Crippen LogP contribution in [0.5, 0.6) is 0 Å². The molecule has 0 atom stereocenters. The maximum absolute atomic E-state index is 11.0. The van der Waals surface area contributed by atoms with Gasteiger partial charge in [0.1, 0.15) is 0 Å². The summed E-state index contributed by atoms with van der Waals surface area (Å²) in [5.74, 6) is 0. The van der Waals surface area contributed by atoms with Gasteiger partial charge in [-0.05, 0) is 29.8 Å². The summed E-state index contributed by atoms with van der Waals surface area (Å²) in [7, 11) is 0. The van der Waals surface area contributed by atoms with E-state index in [4.69, 9.17) is 0 Å². The Morgan fingerprint density at radius 1 is 0.895 bits per heavy atom. The Kier molecular flexibility index (Phi) is 3.57. The van der Waals surface area contributed by atoms with E-state index in [0.29, 0.717) is 15.6 Å². The van der Waals surface area contributed by atoms with Gasteiger partial charge in [0.25, 0.3) is 11.4 Å². The van der Waals surface area contributed by atoms with E-state index in [-0.39, 0.29) is 11.4 Å². The van der Waals surface area contributed by atoms with Crippen LogP contribution in [0.4, 0.5) is 11.4 Å². The number of hydrogen-bond acceptors (Lipinski definition) is 4. The topological polar surface area (TPSA) is 86.3 Å². The highest BCUT2D eigenvalue weighted by Gasteiger charge is 2.16. The van der Waals surface area contributed by atoms with Gasteiger partial charge >= 0.3 is 0 Å². The lowest BCUT2D eigenvalue weighted by Crippen LogP contribution is -1.92. The summed E-state index contributed by atoms with van der Waals surface area (Å²) in [5, 5.41) is 21.5. The van der Waals surface area contributed by atoms with Gasteiger partial charge < -0.3 is 0 Å². The molecule has 0 amide bonds. The number of nitro benzene ring substituents is 2. The van der Waals surface area contributed by atoms with E-state index in [0.717, 1.165) is 0 Å². The lowest BCUT2D eigenvalue weighted by Gasteiger charge is -2.03. The van der Waals surface area contributed by atoms with Gasteiger partial charge in [0.2, 0.25) is 0 Å². The van der Waals surface area contributed by atoms with Gasteiger partial charge in [-0.1, -0.05) is 15.9 Å². The zero-order valence-corrected chi connectivity index (χ0v) is 11.0. The fraction of sp³-hybridized carbons (Fsp3) is 0. The number of halogens is 1. The molecule has 0 aliphatic rings. The molecule has 96 valence electrons. The van der Waals surface area contributed by atoms with Gasteiger partial charge in [-0.2, -0.15) is 0 Å². The Labute approximate surface area is 116 Å². The second kappa shape index (κ2) is 5.15. The maximum atomic E-state index is 11.0. The molecule has 2 aromatic rings. The van der Waals surface area contributed by atoms with E-state index >= 15 is 0 Å². The third-order valence-electron chi connectivity index (χ3n) is 2.54. The summed E-state index contributed by atoms with van der Waals surface area (Å²) >= 11 is 3.25. The Bertz CT molecular complexity index is 655. The molecule has 0 heterocycles. The molecule has 0 aromatic heterocycles. The van der Waals surface area contributed by atoms with Crippen LogP contribution in [0.1, 0.15) is 0 Å². The molecule has 0 spiro atoms. The van der Waals surface area contributed by atoms with Crippen molar-refractivity contribution in [2.45, 2.75) is 0 Å². The molecule has 6 nitrogen and oxygen atoms in total. The van der Waals surface area contributed by atoms with Crippen molar-refractivity contribution in [1.29, 1.82) is 0 Å². The molecule has 0 aliphatic heterocycles. The van der Waals surface area contributed by atoms with Gasteiger partial charge in [-0.15, -0.1) is 0 Å². The van der Waals surface area contributed by atoms with Crippen molar-refractivity contribution in [3.05, 3.63) is 67.2 Å². The van der Waals surface area contributed by atoms with Gasteiger partial charge in [0, 0.05) is 22.7 Å². The van der Waals surface area contributed by atoms with Crippen molar-refractivity contribution in [3.63, 3.8) is 0 Å². The first-order valence-corrected chi connectivity index (χ1v) is 5.97. The molecular formula is C12H7BrN2O4. The molecule has 0 bridgehead atoms. The van der Waals surface area contributed by atoms with Gasteiger partial charge in [-0.25, -0.2) is 0 Å². The molecule has 0 aliphatic carbocycles. The summed E-state index contributed by atoms with van der Waals surface area (Å²) in [6, 6.07) is 10.2. The highest BCUT2D eigenvalue weighted by Crippen LogP contribution is 2.33. The van der Waals surface area contributed by atoms with Crippen LogP contribution in [0.25, 0.3) is 11.1 Å². The van der Waals surface area contributed by atoms with Crippen molar-refractivity contribution in [2.75, 3.05) is 0 Å². The van der Waals surface area contributed by atoms with Crippen LogP contribution in [-0.4, -0.2) is 9.85 Å². The minimum Gasteiger partial charge on any atom is -0.258 e. The highest BCUT2D eigenvalue weighted by atomic mass is 79.9. The Hall–Kier alpha value is -2.28. The molecule has 0 N–H and O–H groups in total. The molecule has 19 heavy (non-hydrogen) atoms. The van der Waals surface area contributed by atoms with E-state index in [1.54, 1.807) is 12.1 Å². The fourth-order valence-electron chi connectivity index (χ4n) is 1.66. The maximum Gasteiger partial charge on any atom is 0.277 e. The van der Waals surface area contributed by atoms with E-state index in [1.807, 2.05) is 0 Å². The van der Waals surface area contributed by atoms with Crippen molar-refractivity contribution >= 4 is 27.3 Å². The number of benzene rings is 2. The standard InChI is InChI=1S/C12H7BrN2O4/c13-9-3-6-12(15(18)19)11(7-9)8-1-4-10(5-2-8)14(16)17/h1-7H. The van der Waals surface area contributed by atoms with Crippen LogP contribution in [0.15, 0.2) is 46.9 Å². The molecule has 2 aromatic carbocycles. The molecule has 2 rings (SSSR count). The van der Waals surface area contributed by atoms with Crippen LogP contribution in [-0.2, 0) is 0 Å². The van der Waals surface area contributed by atoms with Crippen molar-refractivity contribution in [2.24, 2.45) is 0 Å². The SMILES string of the molecule is O=[N+]([O-])c1ccc(-c2cc(Br)ccc2[N+](=O)[O-])cc1. The first kappa shape index (κ1) is 13.2. The average molecular weight is 323 g/mol. The van der Waals surface area contributed by atoms with Crippen molar-refractivity contribution in [1.82, 2.24) is 0 Å². The molecule has 0 radical (unpaired) electrons. The van der Waals surface area contributed by atoms with Crippen LogP contribution in [0.2, 0.25) is 0 Å². The minimum atomic E-state index is -0.515. The summed E-state index contributed by atoms with van der Waals surface area (Å²) < 4.78 is 0.700. The Morgan fingerprint density at radius 2 is 1.53 bits per heavy atom. The number of non-ortho nitro benzene ring substituents is 1. The predicted molar refractivity (Wildman–Crippen MR) is 72.9 cm³/mol. The zero-order chi connectivity index (χ0) is 14.0. The number of rotatable bonds is 3. The summed E-state index contributed by atoms with van der Waals surface area (Å²) in [6.07, 6.45) is 0. The lowest BCUT2D eigenvalue weighted by atomic mass is 10.0. The van der Waals surface area contributed by atoms with E-state index in [9.17, 15) is 20.2 Å². The molecule has 0 saturated heterocycles. The number of hydrogen-bond donors (Lipinski definition) is 0. The first-order valence-electron chi connectivity index (χ1n) is 5.18. The summed E-state index contributed by atoms with van der Waals surface area (Å²) in [4.78, 5) is 20.5. The minimum absolute atomic E-state index is 0.0444. The quantitative estimate of drug-likeness (QED) is 0.632. The third kappa shape index (κ3) is 2.76. The zero-order valence-electron chi connectivity index (χ0n) is 9.45. The number of nitro groups is 2. The fourth-order valence-corrected chi connectivity index (χ4v) is 2.02. The normalized spacial score (nSPS) is 10.2. The molecular weight excluding hydrogens is 316 g/mol. The van der Waals surface area contributed by atoms with Crippen molar-refractivity contribution in [3.8, 4) is 11.1 Å². The van der Waals surface area contributed by atoms with Crippen LogP contribution in [0, 0.1) is 20.2 Å². The average Bonchev–Trinajstić information content (AvgIpc) is 2.38. The van der Waals surface area contributed by atoms with E-state index < -0.39 is 9.85 Å². The van der Waals surface area contributed by atoms with Crippen LogP contribution in [0.3, 0.4) is 0 Å². The Balaban J connectivity index is 2.54. The smallest absolute Gasteiger partial charge is 0.258 e. The Morgan fingerprint density at radius 3 is 2.05 bits per heavy atom. The molecule has 0 fully saturated rings. The molecule has 7 heteroatoms. The van der Waals surface area contributed by atoms with Gasteiger partial charge in [0.15, 0.2) is 0 Å². The highest BCUT2D eigenvalue weighted by molar-refractivity contribution is 9.10. The first-order chi connectivity index (χ1) is 8.99. The summed E-state index contributed by atoms with van der Waals surface area (Å²) in [5.41, 5.74) is 0.867. The van der Waals surface area contributed by atoms with Gasteiger partial charge in [0.05, 0.1) is 15.4 Å². The van der Waals surface area contributed by atoms with Crippen LogP contribution >= 0.6 is 15.9 Å². The van der Waals surface area contributed by atoms with Gasteiger partial charge in [-0.3, -0.25) is 20.2 Å². The van der Waals surface area contributed by atoms with Crippen molar-refractivity contribution < 1.29 is 9.85 Å². The number of nitrogens with zero attached hydrogens (tertiary/aromatic N) is 2. The third-order valence-corrected chi connectivity index (χ3v) is 3.04. The van der Waals surface area contributed by atoms with E-state index in [2.05, 4.69) is 15.9 Å². The summed E-state index contributed by atoms with van der Waals surface area (Å²) in [6.45, 7) is 0. The lowest BCUT2D eigenvalue weighted by molar-refractivity contribution is -0.385. The molecule has 0 unspecified atom stereocenters. The second-order valence-corrected chi connectivity index (χ2v) is 4.64. The predicted octanol–water partition coefficient (Wildman–Crippen LogP) is 3.93. The molecule has 0 saturated carbocycles. The monoisotopic (exact) mass is 322 g/mol. The van der Waals surface area contributed by atoms with E-state index in [1.165, 1.54) is 30.3 Å². The second-order valence-electron chi connectivity index (χ2n) is 3.72.